The van der Waals surface area contributed by atoms with Crippen molar-refractivity contribution in [2.45, 2.75) is 97.8 Å². The van der Waals surface area contributed by atoms with Crippen LogP contribution in [-0.4, -0.2) is 53.9 Å². The second-order valence-electron chi connectivity index (χ2n) is 11.7. The number of amides is 3. The average Bonchev–Trinajstić information content (AvgIpc) is 2.92. The highest BCUT2D eigenvalue weighted by molar-refractivity contribution is 7.80. The number of hydrogen-bond acceptors (Lipinski definition) is 6. The van der Waals surface area contributed by atoms with E-state index in [9.17, 15) is 14.4 Å². The number of hydrogen-bond donors (Lipinski definition) is 3. The molecule has 0 heterocycles. The summed E-state index contributed by atoms with van der Waals surface area (Å²) in [4.78, 5) is 42.5. The van der Waals surface area contributed by atoms with Gasteiger partial charge in [0.2, 0.25) is 5.91 Å². The molecule has 0 bridgehead atoms. The van der Waals surface area contributed by atoms with E-state index in [1.807, 2.05) is 32.0 Å². The summed E-state index contributed by atoms with van der Waals surface area (Å²) in [7, 11) is 1.58. The van der Waals surface area contributed by atoms with Crippen LogP contribution < -0.4 is 15.4 Å². The first kappa shape index (κ1) is 35.0. The molecule has 2 rings (SSSR count). The van der Waals surface area contributed by atoms with E-state index in [1.54, 1.807) is 57.0 Å². The number of ether oxygens (including phenoxy) is 2. The summed E-state index contributed by atoms with van der Waals surface area (Å²) in [6.45, 7) is 11.7. The Morgan fingerprint density at radius 2 is 1.60 bits per heavy atom. The Labute approximate surface area is 257 Å². The lowest BCUT2D eigenvalue weighted by Gasteiger charge is -2.35. The van der Waals surface area contributed by atoms with E-state index in [1.165, 1.54) is 6.42 Å². The number of alkyl carbamates (subject to hydrolysis) is 1. The zero-order valence-corrected chi connectivity index (χ0v) is 27.2. The monoisotopic (exact) mass is 599 g/mol. The molecule has 9 heteroatoms. The van der Waals surface area contributed by atoms with Gasteiger partial charge in [0.05, 0.1) is 7.11 Å². The molecule has 0 aliphatic rings. The Morgan fingerprint density at radius 1 is 0.952 bits per heavy atom. The number of aryl methyl sites for hydroxylation is 2. The fourth-order valence-electron chi connectivity index (χ4n) is 4.73. The lowest BCUT2D eigenvalue weighted by atomic mass is 9.96. The van der Waals surface area contributed by atoms with E-state index in [0.717, 1.165) is 48.8 Å². The molecule has 232 valence electrons. The quantitative estimate of drug-likeness (QED) is 0.151. The molecule has 2 aromatic carbocycles. The number of benzene rings is 2. The third-order valence-corrected chi connectivity index (χ3v) is 7.21. The SMILES string of the molecule is CCCCCCCCN(C(=O)C(CS)NC(=O)OC(C)(C)C)C(C(=O)Nc1ccc(OC)cc1)c1ccc(C)cc1C. The summed E-state index contributed by atoms with van der Waals surface area (Å²) in [6, 6.07) is 11.0. The van der Waals surface area contributed by atoms with E-state index in [4.69, 9.17) is 9.47 Å². The van der Waals surface area contributed by atoms with Crippen LogP contribution in [0.4, 0.5) is 10.5 Å². The Hall–Kier alpha value is -3.20. The molecule has 0 radical (unpaired) electrons. The molecular formula is C33H49N3O5S. The standard InChI is InChI=1S/C33H49N3O5S/c1-8-9-10-11-12-13-20-36(31(38)28(22-42)35-32(39)41-33(4,5)6)29(27-19-14-23(2)21-24(27)3)30(37)34-25-15-17-26(40-7)18-16-25/h14-19,21,28-29,42H,8-13,20,22H2,1-7H3,(H,34,37)(H,35,39). The first-order valence-corrected chi connectivity index (χ1v) is 15.5. The zero-order valence-electron chi connectivity index (χ0n) is 26.3. The number of thiol groups is 1. The van der Waals surface area contributed by atoms with Crippen molar-refractivity contribution in [3.05, 3.63) is 59.2 Å². The van der Waals surface area contributed by atoms with Crippen molar-refractivity contribution in [2.75, 3.05) is 24.7 Å². The molecule has 8 nitrogen and oxygen atoms in total. The van der Waals surface area contributed by atoms with E-state index in [-0.39, 0.29) is 17.6 Å². The van der Waals surface area contributed by atoms with Crippen LogP contribution in [-0.2, 0) is 14.3 Å². The number of methoxy groups -OCH3 is 1. The van der Waals surface area contributed by atoms with E-state index < -0.39 is 23.8 Å². The molecule has 2 aromatic rings. The minimum Gasteiger partial charge on any atom is -0.497 e. The zero-order chi connectivity index (χ0) is 31.3. The molecule has 2 unspecified atom stereocenters. The van der Waals surface area contributed by atoms with E-state index >= 15 is 0 Å². The highest BCUT2D eigenvalue weighted by Crippen LogP contribution is 2.29. The molecule has 0 saturated carbocycles. The maximum absolute atomic E-state index is 14.2. The molecule has 0 saturated heterocycles. The molecule has 2 N–H and O–H groups in total. The second kappa shape index (κ2) is 17.0. The van der Waals surface area contributed by atoms with Crippen molar-refractivity contribution in [2.24, 2.45) is 0 Å². The first-order chi connectivity index (χ1) is 19.9. The molecule has 2 atom stereocenters. The predicted octanol–water partition coefficient (Wildman–Crippen LogP) is 7.00. The Kier molecular flexibility index (Phi) is 14.2. The Balaban J connectivity index is 2.48. The van der Waals surface area contributed by atoms with Gasteiger partial charge in [-0.25, -0.2) is 4.79 Å². The Bertz CT molecular complexity index is 1160. The summed E-state index contributed by atoms with van der Waals surface area (Å²) in [5, 5.41) is 5.68. The van der Waals surface area contributed by atoms with Crippen molar-refractivity contribution in [1.82, 2.24) is 10.2 Å². The summed E-state index contributed by atoms with van der Waals surface area (Å²) >= 11 is 4.39. The molecular weight excluding hydrogens is 550 g/mol. The number of unbranched alkanes of at least 4 members (excludes halogenated alkanes) is 5. The number of carbonyl (C=O) groups excluding carboxylic acids is 3. The third-order valence-electron chi connectivity index (χ3n) is 6.84. The van der Waals surface area contributed by atoms with Gasteiger partial charge in [0.15, 0.2) is 0 Å². The summed E-state index contributed by atoms with van der Waals surface area (Å²) in [5.41, 5.74) is 2.53. The fourth-order valence-corrected chi connectivity index (χ4v) is 4.98. The number of rotatable bonds is 15. The topological polar surface area (TPSA) is 97.0 Å². The van der Waals surface area contributed by atoms with Gasteiger partial charge in [-0.3, -0.25) is 9.59 Å². The van der Waals surface area contributed by atoms with Gasteiger partial charge in [-0.1, -0.05) is 62.8 Å². The largest absolute Gasteiger partial charge is 0.497 e. The third kappa shape index (κ3) is 11.2. The summed E-state index contributed by atoms with van der Waals surface area (Å²) < 4.78 is 10.7. The molecule has 0 aromatic heterocycles. The van der Waals surface area contributed by atoms with Crippen molar-refractivity contribution < 1.29 is 23.9 Å². The van der Waals surface area contributed by atoms with Crippen LogP contribution >= 0.6 is 12.6 Å². The smallest absolute Gasteiger partial charge is 0.408 e. The second-order valence-corrected chi connectivity index (χ2v) is 12.0. The van der Waals surface area contributed by atoms with Gasteiger partial charge in [0.1, 0.15) is 23.4 Å². The van der Waals surface area contributed by atoms with Crippen molar-refractivity contribution in [3.63, 3.8) is 0 Å². The van der Waals surface area contributed by atoms with Crippen LogP contribution in [0.1, 0.15) is 89.0 Å². The van der Waals surface area contributed by atoms with Crippen molar-refractivity contribution in [1.29, 1.82) is 0 Å². The molecule has 0 aliphatic heterocycles. The average molecular weight is 600 g/mol. The van der Waals surface area contributed by atoms with Crippen LogP contribution in [0.2, 0.25) is 0 Å². The van der Waals surface area contributed by atoms with Crippen molar-refractivity contribution in [3.8, 4) is 5.75 Å². The van der Waals surface area contributed by atoms with Crippen LogP contribution in [0.25, 0.3) is 0 Å². The lowest BCUT2D eigenvalue weighted by molar-refractivity contribution is -0.140. The number of anilines is 1. The highest BCUT2D eigenvalue weighted by Gasteiger charge is 2.36. The Morgan fingerprint density at radius 3 is 2.17 bits per heavy atom. The first-order valence-electron chi connectivity index (χ1n) is 14.8. The van der Waals surface area contributed by atoms with Gasteiger partial charge in [0, 0.05) is 18.0 Å². The van der Waals surface area contributed by atoms with Crippen LogP contribution in [0, 0.1) is 13.8 Å². The normalized spacial score (nSPS) is 12.7. The van der Waals surface area contributed by atoms with Gasteiger partial charge in [0.25, 0.3) is 5.91 Å². The molecule has 0 aliphatic carbocycles. The molecule has 42 heavy (non-hydrogen) atoms. The lowest BCUT2D eigenvalue weighted by Crippen LogP contribution is -2.53. The van der Waals surface area contributed by atoms with Gasteiger partial charge in [-0.2, -0.15) is 12.6 Å². The molecule has 0 spiro atoms. The number of nitrogens with one attached hydrogen (secondary N) is 2. The van der Waals surface area contributed by atoms with Crippen LogP contribution in [0.5, 0.6) is 5.75 Å². The summed E-state index contributed by atoms with van der Waals surface area (Å²) in [6.07, 6.45) is 5.42. The number of carbonyl (C=O) groups is 3. The molecule has 3 amide bonds. The van der Waals surface area contributed by atoms with E-state index in [2.05, 4.69) is 30.2 Å². The highest BCUT2D eigenvalue weighted by atomic mass is 32.1. The van der Waals surface area contributed by atoms with Crippen LogP contribution in [0.15, 0.2) is 42.5 Å². The van der Waals surface area contributed by atoms with Crippen molar-refractivity contribution >= 4 is 36.2 Å². The van der Waals surface area contributed by atoms with E-state index in [0.29, 0.717) is 18.0 Å². The number of nitrogens with zero attached hydrogens (tertiary/aromatic N) is 1. The van der Waals surface area contributed by atoms with Crippen LogP contribution in [0.3, 0.4) is 0 Å². The van der Waals surface area contributed by atoms with Gasteiger partial charge in [-0.05, 0) is 76.4 Å². The maximum Gasteiger partial charge on any atom is 0.408 e. The molecule has 0 fully saturated rings. The van der Waals surface area contributed by atoms with Gasteiger partial charge in [-0.15, -0.1) is 0 Å². The summed E-state index contributed by atoms with van der Waals surface area (Å²) in [5.74, 6) is -0.0188. The minimum atomic E-state index is -0.981. The van der Waals surface area contributed by atoms with Gasteiger partial charge < -0.3 is 25.0 Å². The van der Waals surface area contributed by atoms with Gasteiger partial charge >= 0.3 is 6.09 Å². The maximum atomic E-state index is 14.2. The fraction of sp³-hybridized carbons (Fsp3) is 0.545. The minimum absolute atomic E-state index is 0.0464. The predicted molar refractivity (Wildman–Crippen MR) is 172 cm³/mol.